The zero-order chi connectivity index (χ0) is 11.1. The molecule has 0 aliphatic carbocycles. The van der Waals surface area contributed by atoms with Crippen molar-refractivity contribution >= 4 is 11.3 Å². The van der Waals surface area contributed by atoms with Crippen LogP contribution in [0, 0.1) is 11.8 Å². The molecule has 1 aromatic carbocycles. The van der Waals surface area contributed by atoms with Crippen LogP contribution in [-0.4, -0.2) is 10.1 Å². The summed E-state index contributed by atoms with van der Waals surface area (Å²) in [6, 6.07) is 9.97. The Balaban J connectivity index is 0.000000531. The van der Waals surface area contributed by atoms with Gasteiger partial charge in [0.05, 0.1) is 12.3 Å². The normalized spacial score (nSPS) is 9.00. The molecule has 3 nitrogen and oxygen atoms in total. The van der Waals surface area contributed by atoms with Crippen molar-refractivity contribution in [2.24, 2.45) is 0 Å². The smallest absolute Gasteiger partial charge is 0.123 e. The number of hydrogen-bond donors (Lipinski definition) is 1. The number of thiazole rings is 1. The van der Waals surface area contributed by atoms with Crippen LogP contribution < -0.4 is 0 Å². The maximum absolute atomic E-state index is 8.84. The Bertz CT molecular complexity index is 422. The molecule has 0 saturated heterocycles. The lowest BCUT2D eigenvalue weighted by molar-refractivity contribution is 0.278. The minimum atomic E-state index is 0.0172. The summed E-state index contributed by atoms with van der Waals surface area (Å²) in [4.78, 5) is 4.27. The average molecular weight is 218 g/mol. The molecule has 1 aromatic heterocycles. The number of aromatic nitrogens is 1. The zero-order valence-corrected chi connectivity index (χ0v) is 8.81. The SMILES string of the molecule is C#N.OCc1csc(-c2ccccc2)n1. The fourth-order valence-electron chi connectivity index (χ4n) is 1.09. The van der Waals surface area contributed by atoms with Gasteiger partial charge in [0.1, 0.15) is 5.01 Å². The number of aliphatic hydroxyl groups excluding tert-OH is 1. The molecule has 0 atom stereocenters. The van der Waals surface area contributed by atoms with Crippen LogP contribution in [0.2, 0.25) is 0 Å². The van der Waals surface area contributed by atoms with E-state index in [2.05, 4.69) is 11.6 Å². The lowest BCUT2D eigenvalue weighted by Gasteiger charge is -1.92. The lowest BCUT2D eigenvalue weighted by atomic mass is 10.2. The van der Waals surface area contributed by atoms with Crippen molar-refractivity contribution in [2.75, 3.05) is 0 Å². The van der Waals surface area contributed by atoms with Crippen molar-refractivity contribution in [3.8, 4) is 17.1 Å². The van der Waals surface area contributed by atoms with E-state index < -0.39 is 0 Å². The van der Waals surface area contributed by atoms with Crippen molar-refractivity contribution in [1.82, 2.24) is 4.98 Å². The summed E-state index contributed by atoms with van der Waals surface area (Å²) < 4.78 is 0. The summed E-state index contributed by atoms with van der Waals surface area (Å²) in [6.45, 7) is 3.52. The summed E-state index contributed by atoms with van der Waals surface area (Å²) in [5.74, 6) is 0. The van der Waals surface area contributed by atoms with Crippen LogP contribution in [0.3, 0.4) is 0 Å². The number of benzene rings is 1. The summed E-state index contributed by atoms with van der Waals surface area (Å²) >= 11 is 1.56. The average Bonchev–Trinajstić information content (AvgIpc) is 2.81. The van der Waals surface area contributed by atoms with Gasteiger partial charge in [0.25, 0.3) is 0 Å². The van der Waals surface area contributed by atoms with Gasteiger partial charge in [-0.15, -0.1) is 11.3 Å². The highest BCUT2D eigenvalue weighted by Gasteiger charge is 2.01. The molecule has 0 unspecified atom stereocenters. The van der Waals surface area contributed by atoms with Gasteiger partial charge in [-0.1, -0.05) is 30.3 Å². The highest BCUT2D eigenvalue weighted by molar-refractivity contribution is 7.13. The van der Waals surface area contributed by atoms with E-state index in [-0.39, 0.29) is 6.61 Å². The lowest BCUT2D eigenvalue weighted by Crippen LogP contribution is -1.81. The molecule has 1 heterocycles. The summed E-state index contributed by atoms with van der Waals surface area (Å²) in [5, 5.41) is 18.2. The molecular weight excluding hydrogens is 208 g/mol. The van der Waals surface area contributed by atoms with E-state index in [4.69, 9.17) is 10.4 Å². The van der Waals surface area contributed by atoms with Crippen molar-refractivity contribution in [2.45, 2.75) is 6.61 Å². The fourth-order valence-corrected chi connectivity index (χ4v) is 1.91. The Hall–Kier alpha value is -1.70. The van der Waals surface area contributed by atoms with Crippen molar-refractivity contribution in [3.63, 3.8) is 0 Å². The summed E-state index contributed by atoms with van der Waals surface area (Å²) in [7, 11) is 0. The molecule has 0 radical (unpaired) electrons. The van der Waals surface area contributed by atoms with Gasteiger partial charge < -0.3 is 5.11 Å². The summed E-state index contributed by atoms with van der Waals surface area (Å²) in [6.07, 6.45) is 0. The van der Waals surface area contributed by atoms with Gasteiger partial charge in [-0.05, 0) is 0 Å². The highest BCUT2D eigenvalue weighted by Crippen LogP contribution is 2.22. The Morgan fingerprint density at radius 2 is 1.93 bits per heavy atom. The predicted molar refractivity (Wildman–Crippen MR) is 60.1 cm³/mol. The third kappa shape index (κ3) is 2.88. The molecule has 4 heteroatoms. The maximum Gasteiger partial charge on any atom is 0.123 e. The molecule has 0 amide bonds. The Morgan fingerprint density at radius 1 is 1.27 bits per heavy atom. The van der Waals surface area contributed by atoms with Gasteiger partial charge in [-0.3, -0.25) is 0 Å². The molecule has 0 fully saturated rings. The van der Waals surface area contributed by atoms with E-state index in [0.717, 1.165) is 16.3 Å². The van der Waals surface area contributed by atoms with Crippen LogP contribution in [0.4, 0.5) is 0 Å². The molecule has 2 rings (SSSR count). The first-order valence-electron chi connectivity index (χ1n) is 4.26. The van der Waals surface area contributed by atoms with Crippen molar-refractivity contribution < 1.29 is 5.11 Å². The standard InChI is InChI=1S/C10H9NOS.CHN/c12-6-9-7-13-10(11-9)8-4-2-1-3-5-8;1-2/h1-5,7,12H,6H2;1H. The van der Waals surface area contributed by atoms with Crippen LogP contribution >= 0.6 is 11.3 Å². The molecule has 1 N–H and O–H groups in total. The van der Waals surface area contributed by atoms with Gasteiger partial charge in [0.15, 0.2) is 0 Å². The van der Waals surface area contributed by atoms with E-state index in [9.17, 15) is 0 Å². The first kappa shape index (κ1) is 11.4. The van der Waals surface area contributed by atoms with E-state index in [1.54, 1.807) is 11.3 Å². The second kappa shape index (κ2) is 5.91. The molecule has 0 aliphatic heterocycles. The van der Waals surface area contributed by atoms with Crippen LogP contribution in [0.1, 0.15) is 5.69 Å². The second-order valence-corrected chi connectivity index (χ2v) is 3.53. The molecule has 76 valence electrons. The van der Waals surface area contributed by atoms with Crippen molar-refractivity contribution in [3.05, 3.63) is 41.4 Å². The molecule has 0 saturated carbocycles. The third-order valence-corrected chi connectivity index (χ3v) is 2.67. The predicted octanol–water partition coefficient (Wildman–Crippen LogP) is 2.44. The topological polar surface area (TPSA) is 56.9 Å². The van der Waals surface area contributed by atoms with Crippen LogP contribution in [-0.2, 0) is 6.61 Å². The summed E-state index contributed by atoms with van der Waals surface area (Å²) in [5.41, 5.74) is 1.84. The Kier molecular flexibility index (Phi) is 4.48. The fraction of sp³-hybridized carbons (Fsp3) is 0.0909. The number of hydrogen-bond acceptors (Lipinski definition) is 4. The largest absolute Gasteiger partial charge is 0.390 e. The van der Waals surface area contributed by atoms with E-state index in [1.807, 2.05) is 35.7 Å². The molecule has 0 aliphatic rings. The number of rotatable bonds is 2. The zero-order valence-electron chi connectivity index (χ0n) is 8.00. The van der Waals surface area contributed by atoms with Gasteiger partial charge in [0.2, 0.25) is 0 Å². The van der Waals surface area contributed by atoms with Gasteiger partial charge in [-0.2, -0.15) is 0 Å². The van der Waals surface area contributed by atoms with Gasteiger partial charge in [-0.25, -0.2) is 10.2 Å². The minimum absolute atomic E-state index is 0.0172. The van der Waals surface area contributed by atoms with E-state index >= 15 is 0 Å². The van der Waals surface area contributed by atoms with Crippen LogP contribution in [0.5, 0.6) is 0 Å². The third-order valence-electron chi connectivity index (χ3n) is 1.73. The minimum Gasteiger partial charge on any atom is -0.390 e. The van der Waals surface area contributed by atoms with Gasteiger partial charge >= 0.3 is 0 Å². The van der Waals surface area contributed by atoms with Gasteiger partial charge in [0, 0.05) is 17.5 Å². The van der Waals surface area contributed by atoms with Crippen LogP contribution in [0.15, 0.2) is 35.7 Å². The first-order valence-corrected chi connectivity index (χ1v) is 5.14. The van der Waals surface area contributed by atoms with Crippen molar-refractivity contribution in [1.29, 1.82) is 5.26 Å². The van der Waals surface area contributed by atoms with E-state index in [0.29, 0.717) is 0 Å². The molecule has 0 spiro atoms. The number of nitriles is 1. The molecule has 2 aromatic rings. The first-order chi connectivity index (χ1) is 7.40. The number of aliphatic hydroxyl groups is 1. The second-order valence-electron chi connectivity index (χ2n) is 2.67. The quantitative estimate of drug-likeness (QED) is 0.842. The molecular formula is C11H10N2OS. The van der Waals surface area contributed by atoms with E-state index in [1.165, 1.54) is 0 Å². The number of nitrogens with zero attached hydrogens (tertiary/aromatic N) is 2. The molecule has 0 bridgehead atoms. The van der Waals surface area contributed by atoms with Crippen LogP contribution in [0.25, 0.3) is 10.6 Å². The highest BCUT2D eigenvalue weighted by atomic mass is 32.1. The monoisotopic (exact) mass is 218 g/mol. The maximum atomic E-state index is 8.84. The Labute approximate surface area is 92.3 Å². The Morgan fingerprint density at radius 3 is 2.47 bits per heavy atom. The molecule has 15 heavy (non-hydrogen) atoms.